The number of nitro groups is 1. The molecule has 6 nitrogen and oxygen atoms in total. The third kappa shape index (κ3) is 2.81. The molecule has 2 aromatic rings. The van der Waals surface area contributed by atoms with Crippen LogP contribution in [-0.4, -0.2) is 19.6 Å². The van der Waals surface area contributed by atoms with E-state index in [9.17, 15) is 14.5 Å². The van der Waals surface area contributed by atoms with E-state index >= 15 is 0 Å². The summed E-state index contributed by atoms with van der Waals surface area (Å²) in [7, 11) is 1.72. The molecule has 1 aromatic heterocycles. The molecule has 0 saturated heterocycles. The van der Waals surface area contributed by atoms with Gasteiger partial charge in [-0.25, -0.2) is 9.37 Å². The van der Waals surface area contributed by atoms with E-state index in [0.717, 1.165) is 0 Å². The molecule has 0 fully saturated rings. The fourth-order valence-corrected chi connectivity index (χ4v) is 2.70. The van der Waals surface area contributed by atoms with Crippen LogP contribution in [-0.2, 0) is 19.4 Å². The molecule has 1 aromatic carbocycles. The highest BCUT2D eigenvalue weighted by Crippen LogP contribution is 2.29. The molecular formula is C12H12FN3O3S. The first-order valence-electron chi connectivity index (χ1n) is 5.70. The van der Waals surface area contributed by atoms with E-state index in [1.54, 1.807) is 11.6 Å². The van der Waals surface area contributed by atoms with Gasteiger partial charge in [-0.3, -0.25) is 10.1 Å². The Bertz CT molecular complexity index is 645. The number of nitrogens with zero attached hydrogens (tertiary/aromatic N) is 3. The Kier molecular flexibility index (Phi) is 4.35. The molecule has 1 heterocycles. The molecule has 8 heteroatoms. The van der Waals surface area contributed by atoms with Crippen LogP contribution in [0.4, 0.5) is 10.1 Å². The maximum Gasteiger partial charge on any atom is 0.276 e. The largest absolute Gasteiger partial charge is 0.390 e. The Morgan fingerprint density at radius 1 is 1.55 bits per heavy atom. The molecule has 106 valence electrons. The van der Waals surface area contributed by atoms with Gasteiger partial charge in [0.25, 0.3) is 5.69 Å². The summed E-state index contributed by atoms with van der Waals surface area (Å²) in [6.45, 7) is -0.149. The van der Waals surface area contributed by atoms with Crippen LogP contribution in [0.5, 0.6) is 0 Å². The second kappa shape index (κ2) is 6.02. The number of hydrogen-bond acceptors (Lipinski definition) is 5. The topological polar surface area (TPSA) is 81.2 Å². The van der Waals surface area contributed by atoms with Crippen molar-refractivity contribution >= 4 is 17.4 Å². The van der Waals surface area contributed by atoms with E-state index in [1.165, 1.54) is 36.2 Å². The molecule has 0 spiro atoms. The number of rotatable bonds is 5. The minimum atomic E-state index is -0.608. The van der Waals surface area contributed by atoms with Crippen molar-refractivity contribution in [3.63, 3.8) is 0 Å². The van der Waals surface area contributed by atoms with Crippen molar-refractivity contribution in [1.82, 2.24) is 9.55 Å². The maximum atomic E-state index is 13.7. The fourth-order valence-electron chi connectivity index (χ4n) is 1.70. The summed E-state index contributed by atoms with van der Waals surface area (Å²) in [6, 6.07) is 3.78. The second-order valence-corrected chi connectivity index (χ2v) is 4.98. The number of halogens is 1. The molecule has 1 N–H and O–H groups in total. The van der Waals surface area contributed by atoms with E-state index in [0.29, 0.717) is 10.9 Å². The van der Waals surface area contributed by atoms with Gasteiger partial charge >= 0.3 is 0 Å². The van der Waals surface area contributed by atoms with Crippen molar-refractivity contribution in [2.75, 3.05) is 0 Å². The van der Waals surface area contributed by atoms with Crippen molar-refractivity contribution in [3.05, 3.63) is 51.6 Å². The minimum absolute atomic E-state index is 0.0380. The number of aliphatic hydroxyl groups excluding tert-OH is 1. The Labute approximate surface area is 118 Å². The SMILES string of the molecule is Cn1c(CO)cnc1SCc1c(F)cccc1[N+](=O)[O-]. The monoisotopic (exact) mass is 297 g/mol. The fraction of sp³-hybridized carbons (Fsp3) is 0.250. The quantitative estimate of drug-likeness (QED) is 0.520. The number of hydrogen-bond donors (Lipinski definition) is 1. The molecule has 0 amide bonds. The number of benzene rings is 1. The van der Waals surface area contributed by atoms with Gasteiger partial charge in [0.2, 0.25) is 0 Å². The lowest BCUT2D eigenvalue weighted by atomic mass is 10.2. The lowest BCUT2D eigenvalue weighted by molar-refractivity contribution is -0.385. The Hall–Kier alpha value is -1.93. The van der Waals surface area contributed by atoms with E-state index in [-0.39, 0.29) is 23.6 Å². The van der Waals surface area contributed by atoms with Gasteiger partial charge in [0.15, 0.2) is 5.16 Å². The molecule has 0 atom stereocenters. The van der Waals surface area contributed by atoms with Crippen LogP contribution in [0.15, 0.2) is 29.6 Å². The van der Waals surface area contributed by atoms with Crippen LogP contribution in [0.2, 0.25) is 0 Å². The van der Waals surface area contributed by atoms with Gasteiger partial charge in [-0.15, -0.1) is 0 Å². The molecule has 20 heavy (non-hydrogen) atoms. The average Bonchev–Trinajstić information content (AvgIpc) is 2.77. The molecule has 0 aliphatic carbocycles. The summed E-state index contributed by atoms with van der Waals surface area (Å²) in [6.07, 6.45) is 1.51. The first kappa shape index (κ1) is 14.5. The molecule has 0 aliphatic rings. The normalized spacial score (nSPS) is 10.8. The van der Waals surface area contributed by atoms with Crippen molar-refractivity contribution in [2.24, 2.45) is 7.05 Å². The smallest absolute Gasteiger partial charge is 0.276 e. The number of thioether (sulfide) groups is 1. The van der Waals surface area contributed by atoms with E-state index in [1.807, 2.05) is 0 Å². The van der Waals surface area contributed by atoms with Crippen LogP contribution in [0.1, 0.15) is 11.3 Å². The predicted molar refractivity (Wildman–Crippen MR) is 71.7 cm³/mol. The standard InChI is InChI=1S/C12H12FN3O3S/c1-15-8(6-17)5-14-12(15)20-7-9-10(13)3-2-4-11(9)16(18)19/h2-5,17H,6-7H2,1H3. The van der Waals surface area contributed by atoms with Gasteiger partial charge < -0.3 is 9.67 Å². The zero-order chi connectivity index (χ0) is 14.7. The summed E-state index contributed by atoms with van der Waals surface area (Å²) in [4.78, 5) is 14.4. The highest BCUT2D eigenvalue weighted by atomic mass is 32.2. The average molecular weight is 297 g/mol. The minimum Gasteiger partial charge on any atom is -0.390 e. The summed E-state index contributed by atoms with van der Waals surface area (Å²) in [5.74, 6) is -0.512. The Morgan fingerprint density at radius 2 is 2.30 bits per heavy atom. The van der Waals surface area contributed by atoms with Gasteiger partial charge in [0, 0.05) is 18.9 Å². The summed E-state index contributed by atoms with van der Waals surface area (Å²) in [5.41, 5.74) is 0.417. The zero-order valence-corrected chi connectivity index (χ0v) is 11.4. The molecule has 0 bridgehead atoms. The zero-order valence-electron chi connectivity index (χ0n) is 10.6. The van der Waals surface area contributed by atoms with Crippen LogP contribution in [0.25, 0.3) is 0 Å². The van der Waals surface area contributed by atoms with Gasteiger partial charge in [-0.05, 0) is 6.07 Å². The highest BCUT2D eigenvalue weighted by Gasteiger charge is 2.18. The van der Waals surface area contributed by atoms with Crippen molar-refractivity contribution in [1.29, 1.82) is 0 Å². The Morgan fingerprint density at radius 3 is 2.90 bits per heavy atom. The van der Waals surface area contributed by atoms with Crippen LogP contribution in [0, 0.1) is 15.9 Å². The van der Waals surface area contributed by atoms with Crippen molar-refractivity contribution in [3.8, 4) is 0 Å². The maximum absolute atomic E-state index is 13.7. The number of aromatic nitrogens is 2. The molecule has 0 aliphatic heterocycles. The summed E-state index contributed by atoms with van der Waals surface area (Å²) >= 11 is 1.18. The van der Waals surface area contributed by atoms with Crippen LogP contribution in [0.3, 0.4) is 0 Å². The van der Waals surface area contributed by atoms with Crippen molar-refractivity contribution < 1.29 is 14.4 Å². The van der Waals surface area contributed by atoms with Crippen molar-refractivity contribution in [2.45, 2.75) is 17.5 Å². The molecule has 0 radical (unpaired) electrons. The lowest BCUT2D eigenvalue weighted by Gasteiger charge is -2.05. The third-order valence-corrected chi connectivity index (χ3v) is 3.91. The highest BCUT2D eigenvalue weighted by molar-refractivity contribution is 7.98. The van der Waals surface area contributed by atoms with Gasteiger partial charge in [-0.1, -0.05) is 17.8 Å². The summed E-state index contributed by atoms with van der Waals surface area (Å²) < 4.78 is 15.4. The second-order valence-electron chi connectivity index (χ2n) is 4.03. The van der Waals surface area contributed by atoms with Crippen LogP contribution >= 0.6 is 11.8 Å². The Balaban J connectivity index is 2.22. The molecule has 2 rings (SSSR count). The first-order chi connectivity index (χ1) is 9.54. The van der Waals surface area contributed by atoms with Gasteiger partial charge in [0.1, 0.15) is 5.82 Å². The molecule has 0 unspecified atom stereocenters. The van der Waals surface area contributed by atoms with Gasteiger partial charge in [-0.2, -0.15) is 0 Å². The number of aliphatic hydroxyl groups is 1. The van der Waals surface area contributed by atoms with E-state index in [2.05, 4.69) is 4.98 Å². The summed E-state index contributed by atoms with van der Waals surface area (Å²) in [5, 5.41) is 20.5. The third-order valence-electron chi connectivity index (χ3n) is 2.84. The van der Waals surface area contributed by atoms with E-state index < -0.39 is 10.7 Å². The van der Waals surface area contributed by atoms with Crippen LogP contribution < -0.4 is 0 Å². The molecule has 0 saturated carbocycles. The molecular weight excluding hydrogens is 285 g/mol. The predicted octanol–water partition coefficient (Wildman–Crippen LogP) is 2.25. The number of nitro benzene ring substituents is 1. The van der Waals surface area contributed by atoms with E-state index in [4.69, 9.17) is 5.11 Å². The van der Waals surface area contributed by atoms with Gasteiger partial charge in [0.05, 0.1) is 29.0 Å². The lowest BCUT2D eigenvalue weighted by Crippen LogP contribution is -2.00. The number of imidazole rings is 1. The first-order valence-corrected chi connectivity index (χ1v) is 6.69.